The van der Waals surface area contributed by atoms with Gasteiger partial charge < -0.3 is 25.4 Å². The van der Waals surface area contributed by atoms with Gasteiger partial charge in [0.2, 0.25) is 0 Å². The molecule has 0 unspecified atom stereocenters. The molecule has 0 atom stereocenters. The standard InChI is InChI=1S/C28H30N4O3/c1-34-24-16-22-23(17-25(24)35-2)31-28(33)26(22)27(20-6-4-3-5-7-20)30-21-10-8-19(9-11-21)18-32-14-12-29-13-15-32/h3-11,16-17,29-30H,12-15,18H2,1-2H3,(H,31,33)/b27-26-. The smallest absolute Gasteiger partial charge is 0.258 e. The minimum absolute atomic E-state index is 0.169. The molecular formula is C28H30N4O3. The average Bonchev–Trinajstić information content (AvgIpc) is 3.22. The fourth-order valence-electron chi connectivity index (χ4n) is 4.59. The zero-order valence-electron chi connectivity index (χ0n) is 20.1. The van der Waals surface area contributed by atoms with E-state index in [9.17, 15) is 4.79 Å². The van der Waals surface area contributed by atoms with Crippen molar-refractivity contribution in [2.45, 2.75) is 6.54 Å². The van der Waals surface area contributed by atoms with Crippen molar-refractivity contribution in [1.82, 2.24) is 10.2 Å². The first kappa shape index (κ1) is 23.0. The fourth-order valence-corrected chi connectivity index (χ4v) is 4.59. The zero-order valence-corrected chi connectivity index (χ0v) is 20.1. The van der Waals surface area contributed by atoms with E-state index in [0.29, 0.717) is 22.8 Å². The van der Waals surface area contributed by atoms with E-state index in [4.69, 9.17) is 9.47 Å². The number of amides is 1. The third kappa shape index (κ3) is 4.87. The van der Waals surface area contributed by atoms with Crippen LogP contribution in [-0.2, 0) is 11.3 Å². The van der Waals surface area contributed by atoms with Gasteiger partial charge >= 0.3 is 0 Å². The number of carbonyl (C=O) groups is 1. The minimum atomic E-state index is -0.169. The second kappa shape index (κ2) is 10.2. The number of hydrogen-bond donors (Lipinski definition) is 3. The Morgan fingerprint density at radius 2 is 1.63 bits per heavy atom. The van der Waals surface area contributed by atoms with Crippen LogP contribution >= 0.6 is 0 Å². The molecule has 5 rings (SSSR count). The Kier molecular flexibility index (Phi) is 6.70. The number of nitrogens with zero attached hydrogens (tertiary/aromatic N) is 1. The quantitative estimate of drug-likeness (QED) is 0.453. The van der Waals surface area contributed by atoms with Gasteiger partial charge in [-0.25, -0.2) is 0 Å². The Morgan fingerprint density at radius 3 is 2.31 bits per heavy atom. The van der Waals surface area contributed by atoms with Crippen molar-refractivity contribution in [3.05, 3.63) is 83.4 Å². The van der Waals surface area contributed by atoms with E-state index in [-0.39, 0.29) is 5.91 Å². The molecular weight excluding hydrogens is 440 g/mol. The SMILES string of the molecule is COc1cc2c(cc1OC)/C(=C(/Nc1ccc(CN3CCNCC3)cc1)c1ccccc1)C(=O)N2. The number of methoxy groups -OCH3 is 2. The number of piperazine rings is 1. The van der Waals surface area contributed by atoms with Gasteiger partial charge in [0.15, 0.2) is 11.5 Å². The molecule has 180 valence electrons. The summed E-state index contributed by atoms with van der Waals surface area (Å²) in [4.78, 5) is 15.7. The van der Waals surface area contributed by atoms with Gasteiger partial charge in [-0.05, 0) is 29.3 Å². The summed E-state index contributed by atoms with van der Waals surface area (Å²) in [6.45, 7) is 5.13. The molecule has 2 aliphatic heterocycles. The third-order valence-corrected chi connectivity index (χ3v) is 6.42. The van der Waals surface area contributed by atoms with Gasteiger partial charge in [-0.15, -0.1) is 0 Å². The molecule has 0 radical (unpaired) electrons. The highest BCUT2D eigenvalue weighted by atomic mass is 16.5. The van der Waals surface area contributed by atoms with Crippen molar-refractivity contribution in [2.75, 3.05) is 51.0 Å². The van der Waals surface area contributed by atoms with E-state index in [1.165, 1.54) is 5.56 Å². The maximum absolute atomic E-state index is 13.2. The maximum Gasteiger partial charge on any atom is 0.258 e. The van der Waals surface area contributed by atoms with E-state index >= 15 is 0 Å². The van der Waals surface area contributed by atoms with Crippen LogP contribution in [0, 0.1) is 0 Å². The summed E-state index contributed by atoms with van der Waals surface area (Å²) in [5.41, 5.74) is 5.89. The van der Waals surface area contributed by atoms with E-state index in [1.807, 2.05) is 36.4 Å². The highest BCUT2D eigenvalue weighted by molar-refractivity contribution is 6.37. The lowest BCUT2D eigenvalue weighted by Crippen LogP contribution is -2.42. The predicted molar refractivity (Wildman–Crippen MR) is 140 cm³/mol. The monoisotopic (exact) mass is 470 g/mol. The molecule has 2 heterocycles. The van der Waals surface area contributed by atoms with Crippen molar-refractivity contribution in [3.63, 3.8) is 0 Å². The van der Waals surface area contributed by atoms with Crippen molar-refractivity contribution in [3.8, 4) is 11.5 Å². The molecule has 3 aromatic carbocycles. The number of fused-ring (bicyclic) bond motifs is 1. The normalized spacial score (nSPS) is 16.9. The maximum atomic E-state index is 13.2. The van der Waals surface area contributed by atoms with Gasteiger partial charge in [0.25, 0.3) is 5.91 Å². The summed E-state index contributed by atoms with van der Waals surface area (Å²) in [5, 5.41) is 9.90. The van der Waals surface area contributed by atoms with Crippen molar-refractivity contribution < 1.29 is 14.3 Å². The third-order valence-electron chi connectivity index (χ3n) is 6.42. The summed E-state index contributed by atoms with van der Waals surface area (Å²) in [5.74, 6) is 0.976. The van der Waals surface area contributed by atoms with Crippen molar-refractivity contribution >= 4 is 28.6 Å². The fraction of sp³-hybridized carbons (Fsp3) is 0.250. The molecule has 7 nitrogen and oxygen atoms in total. The number of carbonyl (C=O) groups excluding carboxylic acids is 1. The summed E-state index contributed by atoms with van der Waals surface area (Å²) < 4.78 is 10.9. The first-order chi connectivity index (χ1) is 17.2. The largest absolute Gasteiger partial charge is 0.493 e. The van der Waals surface area contributed by atoms with Gasteiger partial charge in [0.1, 0.15) is 0 Å². The van der Waals surface area contributed by atoms with Gasteiger partial charge in [0.05, 0.1) is 31.2 Å². The average molecular weight is 471 g/mol. The second-order valence-corrected chi connectivity index (χ2v) is 8.67. The van der Waals surface area contributed by atoms with Crippen molar-refractivity contribution in [2.24, 2.45) is 0 Å². The number of anilines is 2. The Hall–Kier alpha value is -3.81. The molecule has 7 heteroatoms. The number of benzene rings is 3. The minimum Gasteiger partial charge on any atom is -0.493 e. The molecule has 0 spiro atoms. The molecule has 0 bridgehead atoms. The summed E-state index contributed by atoms with van der Waals surface area (Å²) >= 11 is 0. The molecule has 3 aromatic rings. The molecule has 3 N–H and O–H groups in total. The van der Waals surface area contributed by atoms with Crippen LogP contribution in [0.2, 0.25) is 0 Å². The lowest BCUT2D eigenvalue weighted by Gasteiger charge is -2.27. The second-order valence-electron chi connectivity index (χ2n) is 8.67. The van der Waals surface area contributed by atoms with Crippen LogP contribution in [0.3, 0.4) is 0 Å². The number of ether oxygens (including phenoxy) is 2. The lowest BCUT2D eigenvalue weighted by atomic mass is 9.99. The van der Waals surface area contributed by atoms with E-state index in [1.54, 1.807) is 20.3 Å². The van der Waals surface area contributed by atoms with E-state index in [2.05, 4.69) is 45.1 Å². The predicted octanol–water partition coefficient (Wildman–Crippen LogP) is 4.04. The summed E-state index contributed by atoms with van der Waals surface area (Å²) in [7, 11) is 3.18. The molecule has 0 aliphatic carbocycles. The first-order valence-electron chi connectivity index (χ1n) is 11.8. The first-order valence-corrected chi connectivity index (χ1v) is 11.8. The van der Waals surface area contributed by atoms with Crippen LogP contribution < -0.4 is 25.4 Å². The topological polar surface area (TPSA) is 74.9 Å². The number of hydrogen-bond acceptors (Lipinski definition) is 6. The molecule has 35 heavy (non-hydrogen) atoms. The van der Waals surface area contributed by atoms with Crippen LogP contribution in [0.25, 0.3) is 11.3 Å². The van der Waals surface area contributed by atoms with Crippen LogP contribution in [0.4, 0.5) is 11.4 Å². The molecule has 1 fully saturated rings. The molecule has 0 aromatic heterocycles. The number of rotatable bonds is 7. The molecule has 0 saturated carbocycles. The van der Waals surface area contributed by atoms with Crippen LogP contribution in [-0.4, -0.2) is 51.2 Å². The molecule has 1 saturated heterocycles. The lowest BCUT2D eigenvalue weighted by molar-refractivity contribution is -0.110. The van der Waals surface area contributed by atoms with Crippen LogP contribution in [0.1, 0.15) is 16.7 Å². The van der Waals surface area contributed by atoms with E-state index in [0.717, 1.165) is 55.2 Å². The summed E-state index contributed by atoms with van der Waals surface area (Å²) in [6, 6.07) is 22.0. The van der Waals surface area contributed by atoms with Gasteiger partial charge in [-0.2, -0.15) is 0 Å². The molecule has 2 aliphatic rings. The van der Waals surface area contributed by atoms with Crippen LogP contribution in [0.5, 0.6) is 11.5 Å². The highest BCUT2D eigenvalue weighted by Crippen LogP contribution is 2.43. The Labute approximate surface area is 205 Å². The highest BCUT2D eigenvalue weighted by Gasteiger charge is 2.30. The molecule has 1 amide bonds. The Balaban J connectivity index is 1.51. The van der Waals surface area contributed by atoms with Gasteiger partial charge in [-0.3, -0.25) is 9.69 Å². The van der Waals surface area contributed by atoms with Gasteiger partial charge in [0, 0.05) is 50.0 Å². The zero-order chi connectivity index (χ0) is 24.2. The van der Waals surface area contributed by atoms with E-state index < -0.39 is 0 Å². The van der Waals surface area contributed by atoms with Crippen molar-refractivity contribution in [1.29, 1.82) is 0 Å². The van der Waals surface area contributed by atoms with Gasteiger partial charge in [-0.1, -0.05) is 42.5 Å². The van der Waals surface area contributed by atoms with Crippen LogP contribution in [0.15, 0.2) is 66.7 Å². The summed E-state index contributed by atoms with van der Waals surface area (Å²) in [6.07, 6.45) is 0. The Morgan fingerprint density at radius 1 is 0.943 bits per heavy atom. The Bertz CT molecular complexity index is 1230. The number of nitrogens with one attached hydrogen (secondary N) is 3.